The molecular weight excluding hydrogens is 382 g/mol. The second-order valence-corrected chi connectivity index (χ2v) is 8.51. The molecule has 3 rings (SSSR count). The van der Waals surface area contributed by atoms with E-state index in [-0.39, 0.29) is 17.5 Å². The number of hydrogen-bond acceptors (Lipinski definition) is 2. The van der Waals surface area contributed by atoms with E-state index >= 15 is 0 Å². The number of benzene rings is 1. The van der Waals surface area contributed by atoms with Crippen LogP contribution < -0.4 is 5.32 Å². The van der Waals surface area contributed by atoms with Gasteiger partial charge in [-0.05, 0) is 74.9 Å². The number of carbonyl (C=O) groups is 1. The van der Waals surface area contributed by atoms with Crippen molar-refractivity contribution >= 4 is 23.6 Å². The van der Waals surface area contributed by atoms with Gasteiger partial charge in [-0.2, -0.15) is 5.26 Å². The Morgan fingerprint density at radius 3 is 2.62 bits per heavy atom. The van der Waals surface area contributed by atoms with Crippen LogP contribution in [0.25, 0.3) is 11.8 Å². The molecule has 1 saturated carbocycles. The third-order valence-corrected chi connectivity index (χ3v) is 6.38. The van der Waals surface area contributed by atoms with Crippen LogP contribution >= 0.6 is 11.6 Å². The molecule has 29 heavy (non-hydrogen) atoms. The van der Waals surface area contributed by atoms with Gasteiger partial charge in [0.2, 0.25) is 0 Å². The van der Waals surface area contributed by atoms with E-state index in [2.05, 4.69) is 22.9 Å². The highest BCUT2D eigenvalue weighted by molar-refractivity contribution is 6.31. The molecule has 0 bridgehead atoms. The van der Waals surface area contributed by atoms with Crippen LogP contribution in [0.2, 0.25) is 5.02 Å². The molecule has 0 spiro atoms. The van der Waals surface area contributed by atoms with Gasteiger partial charge in [0, 0.05) is 28.1 Å². The van der Waals surface area contributed by atoms with E-state index < -0.39 is 0 Å². The maximum Gasteiger partial charge on any atom is 0.262 e. The molecule has 1 amide bonds. The van der Waals surface area contributed by atoms with Gasteiger partial charge in [-0.15, -0.1) is 0 Å². The van der Waals surface area contributed by atoms with E-state index in [0.717, 1.165) is 47.5 Å². The molecule has 0 unspecified atom stereocenters. The highest BCUT2D eigenvalue weighted by atomic mass is 35.5. The number of hydrogen-bond donors (Lipinski definition) is 1. The van der Waals surface area contributed by atoms with Gasteiger partial charge in [-0.25, -0.2) is 0 Å². The molecule has 1 heterocycles. The summed E-state index contributed by atoms with van der Waals surface area (Å²) >= 11 is 6.31. The lowest BCUT2D eigenvalue weighted by Crippen LogP contribution is -2.41. The van der Waals surface area contributed by atoms with Crippen molar-refractivity contribution in [1.29, 1.82) is 5.26 Å². The van der Waals surface area contributed by atoms with Crippen LogP contribution in [0.4, 0.5) is 0 Å². The number of nitrogens with zero attached hydrogens (tertiary/aromatic N) is 2. The molecular formula is C24H28ClN3O. The summed E-state index contributed by atoms with van der Waals surface area (Å²) in [5.41, 5.74) is 4.99. The zero-order valence-electron chi connectivity index (χ0n) is 17.6. The van der Waals surface area contributed by atoms with E-state index in [1.807, 2.05) is 45.0 Å². The van der Waals surface area contributed by atoms with Gasteiger partial charge in [-0.3, -0.25) is 4.79 Å². The van der Waals surface area contributed by atoms with Gasteiger partial charge < -0.3 is 9.88 Å². The molecule has 1 aliphatic rings. The first-order chi connectivity index (χ1) is 13.8. The Bertz CT molecular complexity index is 996. The monoisotopic (exact) mass is 409 g/mol. The third-order valence-electron chi connectivity index (χ3n) is 5.98. The van der Waals surface area contributed by atoms with E-state index in [1.54, 1.807) is 6.08 Å². The Morgan fingerprint density at radius 1 is 1.24 bits per heavy atom. The Hall–Kier alpha value is -2.51. The SMILES string of the molecule is Cc1ccc(-n2c(C)cc(/C=C(\C#N)C(=O)N[C@H]3CCCC[C@@H]3C)c2C)cc1Cl. The van der Waals surface area contributed by atoms with Crippen LogP contribution in [-0.4, -0.2) is 16.5 Å². The van der Waals surface area contributed by atoms with Crippen molar-refractivity contribution in [3.8, 4) is 11.8 Å². The fourth-order valence-electron chi connectivity index (χ4n) is 4.13. The molecule has 0 aliphatic heterocycles. The Kier molecular flexibility index (Phi) is 6.49. The smallest absolute Gasteiger partial charge is 0.262 e. The summed E-state index contributed by atoms with van der Waals surface area (Å²) in [4.78, 5) is 12.7. The van der Waals surface area contributed by atoms with Crippen molar-refractivity contribution in [2.24, 2.45) is 5.92 Å². The lowest BCUT2D eigenvalue weighted by Gasteiger charge is -2.29. The Balaban J connectivity index is 1.89. The normalized spacial score (nSPS) is 19.7. The lowest BCUT2D eigenvalue weighted by atomic mass is 9.86. The number of nitriles is 1. The first-order valence-corrected chi connectivity index (χ1v) is 10.6. The quantitative estimate of drug-likeness (QED) is 0.523. The zero-order chi connectivity index (χ0) is 21.1. The predicted octanol–water partition coefficient (Wildman–Crippen LogP) is 5.66. The van der Waals surface area contributed by atoms with Gasteiger partial charge in [0.15, 0.2) is 0 Å². The van der Waals surface area contributed by atoms with Gasteiger partial charge in [-0.1, -0.05) is 37.4 Å². The van der Waals surface area contributed by atoms with Crippen molar-refractivity contribution in [3.63, 3.8) is 0 Å². The first-order valence-electron chi connectivity index (χ1n) is 10.2. The standard InChI is InChI=1S/C24H28ClN3O/c1-15-9-10-21(13-22(15)25)28-17(3)11-19(18(28)4)12-20(14-26)24(29)27-23-8-6-5-7-16(23)2/h9-13,16,23H,5-8H2,1-4H3,(H,27,29)/b20-12+/t16-,23-/m0/s1. The van der Waals surface area contributed by atoms with E-state index in [1.165, 1.54) is 6.42 Å². The van der Waals surface area contributed by atoms with E-state index in [9.17, 15) is 10.1 Å². The number of aryl methyl sites for hydroxylation is 2. The number of nitrogens with one attached hydrogen (secondary N) is 1. The molecule has 2 atom stereocenters. The Morgan fingerprint density at radius 2 is 1.97 bits per heavy atom. The summed E-state index contributed by atoms with van der Waals surface area (Å²) in [5, 5.41) is 13.4. The summed E-state index contributed by atoms with van der Waals surface area (Å²) in [6.07, 6.45) is 6.13. The zero-order valence-corrected chi connectivity index (χ0v) is 18.3. The second kappa shape index (κ2) is 8.88. The molecule has 1 aromatic carbocycles. The highest BCUT2D eigenvalue weighted by Gasteiger charge is 2.24. The minimum absolute atomic E-state index is 0.143. The van der Waals surface area contributed by atoms with E-state index in [0.29, 0.717) is 10.9 Å². The molecule has 1 aliphatic carbocycles. The molecule has 1 N–H and O–H groups in total. The summed E-state index contributed by atoms with van der Waals surface area (Å²) in [6, 6.07) is 10.2. The summed E-state index contributed by atoms with van der Waals surface area (Å²) < 4.78 is 2.09. The minimum atomic E-state index is -0.283. The maximum atomic E-state index is 12.7. The molecule has 0 saturated heterocycles. The molecule has 152 valence electrons. The highest BCUT2D eigenvalue weighted by Crippen LogP contribution is 2.27. The molecule has 1 fully saturated rings. The van der Waals surface area contributed by atoms with Crippen molar-refractivity contribution < 1.29 is 4.79 Å². The fourth-order valence-corrected chi connectivity index (χ4v) is 4.31. The average Bonchev–Trinajstić information content (AvgIpc) is 2.97. The molecule has 1 aromatic heterocycles. The van der Waals surface area contributed by atoms with Crippen LogP contribution in [0.3, 0.4) is 0 Å². The topological polar surface area (TPSA) is 57.8 Å². The summed E-state index contributed by atoms with van der Waals surface area (Å²) in [6.45, 7) is 8.14. The van der Waals surface area contributed by atoms with Crippen molar-refractivity contribution in [2.75, 3.05) is 0 Å². The largest absolute Gasteiger partial charge is 0.348 e. The van der Waals surface area contributed by atoms with Gasteiger partial charge in [0.25, 0.3) is 5.91 Å². The Labute approximate surface area is 178 Å². The number of halogens is 1. The molecule has 0 radical (unpaired) electrons. The van der Waals surface area contributed by atoms with Gasteiger partial charge in [0.05, 0.1) is 0 Å². The fraction of sp³-hybridized carbons (Fsp3) is 0.417. The summed E-state index contributed by atoms with van der Waals surface area (Å²) in [5.74, 6) is 0.165. The number of amides is 1. The molecule has 4 nitrogen and oxygen atoms in total. The number of rotatable bonds is 4. The second-order valence-electron chi connectivity index (χ2n) is 8.11. The molecule has 5 heteroatoms. The summed E-state index contributed by atoms with van der Waals surface area (Å²) in [7, 11) is 0. The van der Waals surface area contributed by atoms with Crippen LogP contribution in [0.15, 0.2) is 29.8 Å². The van der Waals surface area contributed by atoms with Gasteiger partial charge in [0.1, 0.15) is 11.6 Å². The molecule has 2 aromatic rings. The maximum absolute atomic E-state index is 12.7. The number of carbonyl (C=O) groups excluding carboxylic acids is 1. The third kappa shape index (κ3) is 4.57. The van der Waals surface area contributed by atoms with Crippen LogP contribution in [-0.2, 0) is 4.79 Å². The van der Waals surface area contributed by atoms with Crippen LogP contribution in [0.1, 0.15) is 55.1 Å². The lowest BCUT2D eigenvalue weighted by molar-refractivity contribution is -0.118. The van der Waals surface area contributed by atoms with Crippen LogP contribution in [0.5, 0.6) is 0 Å². The van der Waals surface area contributed by atoms with Crippen molar-refractivity contribution in [1.82, 2.24) is 9.88 Å². The average molecular weight is 410 g/mol. The van der Waals surface area contributed by atoms with Gasteiger partial charge >= 0.3 is 0 Å². The van der Waals surface area contributed by atoms with Crippen molar-refractivity contribution in [2.45, 2.75) is 59.4 Å². The van der Waals surface area contributed by atoms with Crippen LogP contribution in [0, 0.1) is 38.0 Å². The van der Waals surface area contributed by atoms with E-state index in [4.69, 9.17) is 11.6 Å². The van der Waals surface area contributed by atoms with Crippen molar-refractivity contribution in [3.05, 3.63) is 57.4 Å². The first kappa shape index (κ1) is 21.2. The number of aromatic nitrogens is 1. The minimum Gasteiger partial charge on any atom is -0.348 e. The predicted molar refractivity (Wildman–Crippen MR) is 118 cm³/mol.